The van der Waals surface area contributed by atoms with E-state index in [1.54, 1.807) is 36.4 Å². The molecule has 0 spiro atoms. The molecule has 8 nitrogen and oxygen atoms in total. The molecule has 0 aromatic heterocycles. The Balaban J connectivity index is 1.76. The van der Waals surface area contributed by atoms with Crippen LogP contribution in [0.1, 0.15) is 0 Å². The van der Waals surface area contributed by atoms with Crippen LogP contribution in [-0.4, -0.2) is 32.6 Å². The lowest BCUT2D eigenvalue weighted by Gasteiger charge is -2.13. The van der Waals surface area contributed by atoms with Crippen LogP contribution in [0.25, 0.3) is 0 Å². The van der Waals surface area contributed by atoms with Gasteiger partial charge in [0.25, 0.3) is 0 Å². The van der Waals surface area contributed by atoms with Crippen LogP contribution < -0.4 is 9.47 Å². The first-order chi connectivity index (χ1) is 11.9. The van der Waals surface area contributed by atoms with Crippen LogP contribution in [-0.2, 0) is 28.4 Å². The quantitative estimate of drug-likeness (QED) is 0.589. The fourth-order valence-corrected chi connectivity index (χ4v) is 2.94. The second-order valence-electron chi connectivity index (χ2n) is 4.91. The molecule has 1 aliphatic rings. The van der Waals surface area contributed by atoms with E-state index in [9.17, 15) is 18.0 Å². The van der Waals surface area contributed by atoms with E-state index >= 15 is 0 Å². The Morgan fingerprint density at radius 3 is 1.44 bits per heavy atom. The highest BCUT2D eigenvalue weighted by Crippen LogP contribution is 2.25. The van der Waals surface area contributed by atoms with Gasteiger partial charge in [-0.2, -0.15) is 8.42 Å². The summed E-state index contributed by atoms with van der Waals surface area (Å²) in [4.78, 5) is 24.3. The lowest BCUT2D eigenvalue weighted by atomic mass is 10.2. The number of para-hydroxylation sites is 2. The lowest BCUT2D eigenvalue weighted by molar-refractivity contribution is -0.153. The molecule has 0 saturated carbocycles. The van der Waals surface area contributed by atoms with Gasteiger partial charge < -0.3 is 9.47 Å². The third-order valence-electron chi connectivity index (χ3n) is 3.11. The van der Waals surface area contributed by atoms with Crippen molar-refractivity contribution in [2.45, 2.75) is 12.2 Å². The highest BCUT2D eigenvalue weighted by atomic mass is 32.3. The highest BCUT2D eigenvalue weighted by molar-refractivity contribution is 7.82. The van der Waals surface area contributed by atoms with Gasteiger partial charge in [-0.05, 0) is 24.3 Å². The third kappa shape index (κ3) is 4.21. The van der Waals surface area contributed by atoms with E-state index in [1.165, 1.54) is 24.3 Å². The van der Waals surface area contributed by atoms with Gasteiger partial charge in [-0.15, -0.1) is 0 Å². The number of hydrogen-bond acceptors (Lipinski definition) is 8. The van der Waals surface area contributed by atoms with Crippen molar-refractivity contribution in [3.8, 4) is 11.5 Å². The number of carbonyl (C=O) groups excluding carboxylic acids is 2. The summed E-state index contributed by atoms with van der Waals surface area (Å²) in [7, 11) is -4.52. The van der Waals surface area contributed by atoms with Crippen molar-refractivity contribution in [3.63, 3.8) is 0 Å². The molecule has 0 radical (unpaired) electrons. The monoisotopic (exact) mass is 364 g/mol. The summed E-state index contributed by atoms with van der Waals surface area (Å²) in [5, 5.41) is 0. The van der Waals surface area contributed by atoms with Crippen molar-refractivity contribution < 1.29 is 35.8 Å². The summed E-state index contributed by atoms with van der Waals surface area (Å²) < 4.78 is 42.1. The number of esters is 2. The predicted molar refractivity (Wildman–Crippen MR) is 82.8 cm³/mol. The van der Waals surface area contributed by atoms with E-state index in [0.29, 0.717) is 0 Å². The molecular formula is C16H12O8S. The molecule has 1 saturated heterocycles. The number of rotatable bonds is 4. The standard InChI is InChI=1S/C16H12O8S/c17-15(21-11-7-3-1-4-8-11)13-14(24-25(19,20)23-13)16(18)22-12-9-5-2-6-10-12/h1-10,13-14H. The van der Waals surface area contributed by atoms with E-state index in [1.807, 2.05) is 0 Å². The van der Waals surface area contributed by atoms with Crippen LogP contribution in [0, 0.1) is 0 Å². The largest absolute Gasteiger partial charge is 0.424 e. The topological polar surface area (TPSA) is 105 Å². The van der Waals surface area contributed by atoms with Crippen molar-refractivity contribution in [1.82, 2.24) is 0 Å². The Hall–Kier alpha value is -2.75. The summed E-state index contributed by atoms with van der Waals surface area (Å²) in [6, 6.07) is 15.8. The molecule has 1 fully saturated rings. The lowest BCUT2D eigenvalue weighted by Crippen LogP contribution is -2.41. The maximum absolute atomic E-state index is 12.2. The van der Waals surface area contributed by atoms with Crippen LogP contribution >= 0.6 is 0 Å². The average molecular weight is 364 g/mol. The third-order valence-corrected chi connectivity index (χ3v) is 3.99. The minimum atomic E-state index is -4.52. The van der Waals surface area contributed by atoms with Crippen molar-refractivity contribution in [1.29, 1.82) is 0 Å². The summed E-state index contributed by atoms with van der Waals surface area (Å²) in [5.41, 5.74) is 0. The van der Waals surface area contributed by atoms with Crippen molar-refractivity contribution >= 4 is 22.3 Å². The molecule has 25 heavy (non-hydrogen) atoms. The van der Waals surface area contributed by atoms with Crippen LogP contribution in [0.4, 0.5) is 0 Å². The summed E-state index contributed by atoms with van der Waals surface area (Å²) >= 11 is 0. The van der Waals surface area contributed by atoms with Crippen molar-refractivity contribution in [2.75, 3.05) is 0 Å². The molecule has 2 unspecified atom stereocenters. The van der Waals surface area contributed by atoms with Crippen LogP contribution in [0.5, 0.6) is 11.5 Å². The smallest absolute Gasteiger partial charge is 0.401 e. The molecule has 0 N–H and O–H groups in total. The Labute approximate surface area is 143 Å². The van der Waals surface area contributed by atoms with Crippen LogP contribution in [0.15, 0.2) is 60.7 Å². The van der Waals surface area contributed by atoms with Gasteiger partial charge >= 0.3 is 22.3 Å². The maximum atomic E-state index is 12.2. The normalized spacial score (nSPS) is 21.4. The Morgan fingerprint density at radius 1 is 0.720 bits per heavy atom. The Bertz CT molecular complexity index is 796. The van der Waals surface area contributed by atoms with Crippen molar-refractivity contribution in [3.05, 3.63) is 60.7 Å². The van der Waals surface area contributed by atoms with E-state index in [2.05, 4.69) is 8.37 Å². The Morgan fingerprint density at radius 2 is 1.08 bits per heavy atom. The number of carbonyl (C=O) groups is 2. The van der Waals surface area contributed by atoms with E-state index in [0.717, 1.165) is 0 Å². The summed E-state index contributed by atoms with van der Waals surface area (Å²) in [6.45, 7) is 0. The van der Waals surface area contributed by atoms with E-state index < -0.39 is 34.5 Å². The number of hydrogen-bond donors (Lipinski definition) is 0. The zero-order valence-electron chi connectivity index (χ0n) is 12.6. The fourth-order valence-electron chi connectivity index (χ4n) is 2.03. The van der Waals surface area contributed by atoms with Gasteiger partial charge in [0.2, 0.25) is 12.2 Å². The van der Waals surface area contributed by atoms with Gasteiger partial charge in [-0.1, -0.05) is 36.4 Å². The van der Waals surface area contributed by atoms with Crippen LogP contribution in [0.2, 0.25) is 0 Å². The molecule has 2 aromatic rings. The van der Waals surface area contributed by atoms with Gasteiger partial charge in [0.1, 0.15) is 11.5 Å². The van der Waals surface area contributed by atoms with Crippen molar-refractivity contribution in [2.24, 2.45) is 0 Å². The van der Waals surface area contributed by atoms with Crippen LogP contribution in [0.3, 0.4) is 0 Å². The molecule has 3 rings (SSSR count). The van der Waals surface area contributed by atoms with E-state index in [4.69, 9.17) is 9.47 Å². The summed E-state index contributed by atoms with van der Waals surface area (Å²) in [5.74, 6) is -1.87. The average Bonchev–Trinajstić information content (AvgIpc) is 2.93. The zero-order valence-corrected chi connectivity index (χ0v) is 13.4. The first-order valence-corrected chi connectivity index (χ1v) is 8.43. The SMILES string of the molecule is O=C(Oc1ccccc1)C1OS(=O)(=O)OC1C(=O)Oc1ccccc1. The zero-order chi connectivity index (χ0) is 17.9. The Kier molecular flexibility index (Phi) is 4.79. The minimum absolute atomic E-state index is 0.163. The molecule has 9 heteroatoms. The number of benzene rings is 2. The number of ether oxygens (including phenoxy) is 2. The second-order valence-corrected chi connectivity index (χ2v) is 6.11. The molecule has 2 atom stereocenters. The van der Waals surface area contributed by atoms with Gasteiger partial charge in [0.05, 0.1) is 0 Å². The molecule has 1 aliphatic heterocycles. The molecule has 130 valence electrons. The second kappa shape index (κ2) is 7.01. The van der Waals surface area contributed by atoms with Gasteiger partial charge in [0.15, 0.2) is 0 Å². The first-order valence-electron chi connectivity index (χ1n) is 7.09. The van der Waals surface area contributed by atoms with Gasteiger partial charge in [-0.25, -0.2) is 18.0 Å². The fraction of sp³-hybridized carbons (Fsp3) is 0.125. The minimum Gasteiger partial charge on any atom is -0.424 e. The molecule has 0 aliphatic carbocycles. The molecule has 1 heterocycles. The van der Waals surface area contributed by atoms with Gasteiger partial charge in [-0.3, -0.25) is 0 Å². The molecule has 2 aromatic carbocycles. The van der Waals surface area contributed by atoms with E-state index in [-0.39, 0.29) is 11.5 Å². The first kappa shape index (κ1) is 17.1. The maximum Gasteiger partial charge on any atom is 0.401 e. The summed E-state index contributed by atoms with van der Waals surface area (Å²) in [6.07, 6.45) is -3.61. The molecule has 0 bridgehead atoms. The molecular weight excluding hydrogens is 352 g/mol. The van der Waals surface area contributed by atoms with Gasteiger partial charge in [0, 0.05) is 0 Å². The predicted octanol–water partition coefficient (Wildman–Crippen LogP) is 1.23. The highest BCUT2D eigenvalue weighted by Gasteiger charge is 2.51. The molecule has 0 amide bonds.